The van der Waals surface area contributed by atoms with Crippen molar-refractivity contribution < 1.29 is 22.4 Å². The van der Waals surface area contributed by atoms with Gasteiger partial charge in [0.2, 0.25) is 0 Å². The van der Waals surface area contributed by atoms with Crippen LogP contribution < -0.4 is 4.72 Å². The zero-order valence-corrected chi connectivity index (χ0v) is 16.8. The van der Waals surface area contributed by atoms with E-state index in [1.54, 1.807) is 37.3 Å². The lowest BCUT2D eigenvalue weighted by Gasteiger charge is -2.51. The lowest BCUT2D eigenvalue weighted by molar-refractivity contribution is -0.173. The Morgan fingerprint density at radius 1 is 1.21 bits per heavy atom. The van der Waals surface area contributed by atoms with Crippen molar-refractivity contribution in [2.75, 3.05) is 7.11 Å². The molecule has 150 valence electrons. The van der Waals surface area contributed by atoms with Gasteiger partial charge in [0, 0.05) is 5.56 Å². The van der Waals surface area contributed by atoms with E-state index in [0.29, 0.717) is 24.0 Å². The number of benzene rings is 2. The summed E-state index contributed by atoms with van der Waals surface area (Å²) in [6, 6.07) is 12.6. The number of aryl methyl sites for hydroxylation is 1. The SMILES string of the molecule is CON(C1(c2ccc(F)c(C)c2)CC(C)C1)S(=O)(=O)NC(=O)c1ccccc1. The average Bonchev–Trinajstić information content (AvgIpc) is 2.63. The second kappa shape index (κ2) is 7.62. The molecule has 1 amide bonds. The predicted octanol–water partition coefficient (Wildman–Crippen LogP) is 3.30. The third-order valence-electron chi connectivity index (χ3n) is 5.06. The van der Waals surface area contributed by atoms with Crippen LogP contribution in [0.15, 0.2) is 48.5 Å². The molecule has 1 aliphatic rings. The molecule has 1 saturated carbocycles. The van der Waals surface area contributed by atoms with Crippen molar-refractivity contribution in [3.63, 3.8) is 0 Å². The van der Waals surface area contributed by atoms with E-state index >= 15 is 0 Å². The minimum atomic E-state index is -4.32. The molecule has 0 aliphatic heterocycles. The first-order valence-corrected chi connectivity index (χ1v) is 10.4. The molecule has 6 nitrogen and oxygen atoms in total. The highest BCUT2D eigenvalue weighted by molar-refractivity contribution is 7.87. The number of rotatable bonds is 6. The second-order valence-corrected chi connectivity index (χ2v) is 8.71. The zero-order valence-electron chi connectivity index (χ0n) is 16.0. The Hall–Kier alpha value is -2.29. The van der Waals surface area contributed by atoms with Crippen LogP contribution in [0.1, 0.15) is 41.3 Å². The van der Waals surface area contributed by atoms with Crippen LogP contribution >= 0.6 is 0 Å². The number of hydrogen-bond acceptors (Lipinski definition) is 4. The molecular formula is C20H23FN2O4S. The smallest absolute Gasteiger partial charge is 0.285 e. The molecule has 1 aliphatic carbocycles. The van der Waals surface area contributed by atoms with Crippen LogP contribution in [0, 0.1) is 18.7 Å². The van der Waals surface area contributed by atoms with Crippen LogP contribution in [0.4, 0.5) is 4.39 Å². The van der Waals surface area contributed by atoms with Crippen molar-refractivity contribution in [2.24, 2.45) is 5.92 Å². The predicted molar refractivity (Wildman–Crippen MR) is 103 cm³/mol. The topological polar surface area (TPSA) is 75.7 Å². The Bertz CT molecular complexity index is 973. The molecule has 0 saturated heterocycles. The number of hydrogen-bond donors (Lipinski definition) is 1. The third kappa shape index (κ3) is 3.67. The van der Waals surface area contributed by atoms with Crippen molar-refractivity contribution in [1.29, 1.82) is 0 Å². The van der Waals surface area contributed by atoms with Crippen LogP contribution in [-0.2, 0) is 20.6 Å². The summed E-state index contributed by atoms with van der Waals surface area (Å²) in [5.41, 5.74) is 0.257. The Morgan fingerprint density at radius 3 is 2.39 bits per heavy atom. The molecule has 1 fully saturated rings. The van der Waals surface area contributed by atoms with Crippen molar-refractivity contribution in [3.05, 3.63) is 71.0 Å². The number of carbonyl (C=O) groups is 1. The van der Waals surface area contributed by atoms with Gasteiger partial charge in [-0.1, -0.05) is 41.7 Å². The Morgan fingerprint density at radius 2 is 1.86 bits per heavy atom. The van der Waals surface area contributed by atoms with Crippen LogP contribution in [-0.4, -0.2) is 25.9 Å². The van der Waals surface area contributed by atoms with Crippen molar-refractivity contribution in [2.45, 2.75) is 32.2 Å². The summed E-state index contributed by atoms with van der Waals surface area (Å²) in [6.07, 6.45) is 0.985. The molecule has 0 unspecified atom stereocenters. The highest BCUT2D eigenvalue weighted by Gasteiger charge is 2.54. The summed E-state index contributed by atoms with van der Waals surface area (Å²) in [7, 11) is -3.07. The highest BCUT2D eigenvalue weighted by atomic mass is 32.2. The minimum absolute atomic E-state index is 0.218. The molecule has 0 atom stereocenters. The summed E-state index contributed by atoms with van der Waals surface area (Å²) in [5, 5.41) is 0. The van der Waals surface area contributed by atoms with E-state index < -0.39 is 21.7 Å². The molecule has 0 aromatic heterocycles. The molecular weight excluding hydrogens is 383 g/mol. The van der Waals surface area contributed by atoms with E-state index in [1.807, 2.05) is 6.92 Å². The molecule has 28 heavy (non-hydrogen) atoms. The van der Waals surface area contributed by atoms with Gasteiger partial charge < -0.3 is 0 Å². The number of nitrogens with one attached hydrogen (secondary N) is 1. The van der Waals surface area contributed by atoms with Gasteiger partial charge >= 0.3 is 10.2 Å². The fourth-order valence-corrected chi connectivity index (χ4v) is 5.17. The molecule has 3 rings (SSSR count). The van der Waals surface area contributed by atoms with E-state index in [4.69, 9.17) is 4.84 Å². The molecule has 2 aromatic rings. The number of carbonyl (C=O) groups excluding carboxylic acids is 1. The average molecular weight is 406 g/mol. The summed E-state index contributed by atoms with van der Waals surface area (Å²) >= 11 is 0. The molecule has 0 spiro atoms. The fourth-order valence-electron chi connectivity index (χ4n) is 3.83. The van der Waals surface area contributed by atoms with Crippen molar-refractivity contribution >= 4 is 16.1 Å². The standard InChI is InChI=1S/C20H23FN2O4S/c1-14-12-20(13-14,17-9-10-18(21)15(2)11-17)23(27-3)28(25,26)22-19(24)16-7-5-4-6-8-16/h4-11,14H,12-13H2,1-3H3,(H,22,24). The van der Waals surface area contributed by atoms with E-state index in [-0.39, 0.29) is 17.3 Å². The normalized spacial score (nSPS) is 22.0. The van der Waals surface area contributed by atoms with Gasteiger partial charge in [-0.05, 0) is 55.0 Å². The molecule has 0 heterocycles. The van der Waals surface area contributed by atoms with Gasteiger partial charge in [-0.3, -0.25) is 9.63 Å². The minimum Gasteiger partial charge on any atom is -0.285 e. The molecule has 8 heteroatoms. The monoisotopic (exact) mass is 406 g/mol. The number of amides is 1. The maximum Gasteiger partial charge on any atom is 0.327 e. The largest absolute Gasteiger partial charge is 0.327 e. The summed E-state index contributed by atoms with van der Waals surface area (Å²) in [4.78, 5) is 17.7. The first-order valence-electron chi connectivity index (χ1n) is 8.93. The highest BCUT2D eigenvalue weighted by Crippen LogP contribution is 2.51. The number of hydroxylamine groups is 1. The zero-order chi connectivity index (χ0) is 20.5. The van der Waals surface area contributed by atoms with Gasteiger partial charge in [0.1, 0.15) is 5.82 Å². The first-order chi connectivity index (χ1) is 13.2. The Balaban J connectivity index is 1.96. The maximum absolute atomic E-state index is 13.7. The summed E-state index contributed by atoms with van der Waals surface area (Å²) in [6.45, 7) is 3.62. The van der Waals surface area contributed by atoms with Crippen LogP contribution in [0.5, 0.6) is 0 Å². The van der Waals surface area contributed by atoms with Gasteiger partial charge in [-0.25, -0.2) is 9.11 Å². The molecule has 0 bridgehead atoms. The molecule has 2 aromatic carbocycles. The summed E-state index contributed by atoms with van der Waals surface area (Å²) in [5.74, 6) is -0.862. The third-order valence-corrected chi connectivity index (χ3v) is 6.44. The first kappa shape index (κ1) is 20.4. The van der Waals surface area contributed by atoms with Gasteiger partial charge in [0.25, 0.3) is 5.91 Å². The molecule has 0 radical (unpaired) electrons. The quantitative estimate of drug-likeness (QED) is 0.747. The van der Waals surface area contributed by atoms with Gasteiger partial charge in [0.05, 0.1) is 12.6 Å². The fraction of sp³-hybridized carbons (Fsp3) is 0.350. The van der Waals surface area contributed by atoms with Crippen LogP contribution in [0.25, 0.3) is 0 Å². The number of nitrogens with zero attached hydrogens (tertiary/aromatic N) is 1. The van der Waals surface area contributed by atoms with Gasteiger partial charge in [-0.2, -0.15) is 8.42 Å². The van der Waals surface area contributed by atoms with Crippen molar-refractivity contribution in [3.8, 4) is 0 Å². The van der Waals surface area contributed by atoms with E-state index in [9.17, 15) is 17.6 Å². The van der Waals surface area contributed by atoms with Crippen molar-refractivity contribution in [1.82, 2.24) is 9.19 Å². The lowest BCUT2D eigenvalue weighted by Crippen LogP contribution is -2.59. The van der Waals surface area contributed by atoms with E-state index in [0.717, 1.165) is 4.47 Å². The Kier molecular flexibility index (Phi) is 5.56. The van der Waals surface area contributed by atoms with Gasteiger partial charge in [-0.15, -0.1) is 0 Å². The maximum atomic E-state index is 13.7. The lowest BCUT2D eigenvalue weighted by atomic mass is 9.66. The van der Waals surface area contributed by atoms with Crippen LogP contribution in [0.2, 0.25) is 0 Å². The molecule has 1 N–H and O–H groups in total. The second-order valence-electron chi connectivity index (χ2n) is 7.22. The van der Waals surface area contributed by atoms with Crippen LogP contribution in [0.3, 0.4) is 0 Å². The van der Waals surface area contributed by atoms with Gasteiger partial charge in [0.15, 0.2) is 0 Å². The number of halogens is 1. The van der Waals surface area contributed by atoms with E-state index in [1.165, 1.54) is 25.3 Å². The summed E-state index contributed by atoms with van der Waals surface area (Å²) < 4.78 is 42.7. The Labute approximate surface area is 164 Å². The van der Waals surface area contributed by atoms with E-state index in [2.05, 4.69) is 4.72 Å².